The van der Waals surface area contributed by atoms with Gasteiger partial charge in [0.25, 0.3) is 0 Å². The van der Waals surface area contributed by atoms with E-state index in [0.29, 0.717) is 6.04 Å². The summed E-state index contributed by atoms with van der Waals surface area (Å²) in [5, 5.41) is 0. The van der Waals surface area contributed by atoms with E-state index in [1.165, 1.54) is 18.4 Å². The first-order valence-electron chi connectivity index (χ1n) is 6.47. The molecule has 0 bridgehead atoms. The lowest BCUT2D eigenvalue weighted by atomic mass is 10.1. The normalized spacial score (nSPS) is 20.1. The van der Waals surface area contributed by atoms with Crippen molar-refractivity contribution in [1.29, 1.82) is 0 Å². The molecule has 0 amide bonds. The van der Waals surface area contributed by atoms with Gasteiger partial charge >= 0.3 is 0 Å². The number of benzene rings is 1. The number of likely N-dealkylation sites (tertiary alicyclic amines) is 1. The van der Waals surface area contributed by atoms with Crippen molar-refractivity contribution >= 4 is 0 Å². The van der Waals surface area contributed by atoms with Gasteiger partial charge in [0.1, 0.15) is 0 Å². The van der Waals surface area contributed by atoms with Gasteiger partial charge in [-0.1, -0.05) is 30.3 Å². The Hall–Kier alpha value is -1.74. The van der Waals surface area contributed by atoms with Crippen LogP contribution in [0.2, 0.25) is 0 Å². The molecule has 92 valence electrons. The van der Waals surface area contributed by atoms with E-state index >= 15 is 0 Å². The molecule has 0 radical (unpaired) electrons. The lowest BCUT2D eigenvalue weighted by Gasteiger charge is -2.23. The Morgan fingerprint density at radius 2 is 2.06 bits per heavy atom. The summed E-state index contributed by atoms with van der Waals surface area (Å²) in [6.07, 6.45) is 7.85. The Bertz CT molecular complexity index is 484. The first kappa shape index (κ1) is 11.4. The van der Waals surface area contributed by atoms with Crippen LogP contribution in [0, 0.1) is 0 Å². The average molecular weight is 239 g/mol. The highest BCUT2D eigenvalue weighted by Crippen LogP contribution is 2.31. The van der Waals surface area contributed by atoms with Gasteiger partial charge < -0.3 is 0 Å². The summed E-state index contributed by atoms with van der Waals surface area (Å²) in [6, 6.07) is 11.1. The Morgan fingerprint density at radius 1 is 1.17 bits per heavy atom. The maximum Gasteiger partial charge on any atom is 0.0758 e. The van der Waals surface area contributed by atoms with Gasteiger partial charge in [-0.05, 0) is 24.9 Å². The third kappa shape index (κ3) is 2.41. The number of aromatic nitrogens is 2. The zero-order valence-electron chi connectivity index (χ0n) is 10.4. The molecule has 1 atom stereocenters. The van der Waals surface area contributed by atoms with E-state index in [0.717, 1.165) is 18.8 Å². The smallest absolute Gasteiger partial charge is 0.0758 e. The maximum atomic E-state index is 4.45. The summed E-state index contributed by atoms with van der Waals surface area (Å²) in [7, 11) is 0. The molecule has 1 aliphatic rings. The fraction of sp³-hybridized carbons (Fsp3) is 0.333. The molecule has 1 saturated heterocycles. The summed E-state index contributed by atoms with van der Waals surface area (Å²) < 4.78 is 0. The number of hydrogen-bond donors (Lipinski definition) is 0. The summed E-state index contributed by atoms with van der Waals surface area (Å²) in [6.45, 7) is 2.15. The highest BCUT2D eigenvalue weighted by atomic mass is 15.2. The van der Waals surface area contributed by atoms with Crippen molar-refractivity contribution in [3.05, 3.63) is 60.2 Å². The predicted octanol–water partition coefficient (Wildman–Crippen LogP) is 2.81. The Labute approximate surface area is 108 Å². The van der Waals surface area contributed by atoms with Gasteiger partial charge in [-0.15, -0.1) is 0 Å². The number of rotatable bonds is 3. The quantitative estimate of drug-likeness (QED) is 0.824. The van der Waals surface area contributed by atoms with Gasteiger partial charge in [0.2, 0.25) is 0 Å². The van der Waals surface area contributed by atoms with Crippen LogP contribution >= 0.6 is 0 Å². The Morgan fingerprint density at radius 3 is 2.83 bits per heavy atom. The van der Waals surface area contributed by atoms with Crippen molar-refractivity contribution in [2.45, 2.75) is 25.4 Å². The molecule has 2 aromatic rings. The molecule has 0 N–H and O–H groups in total. The fourth-order valence-corrected chi connectivity index (χ4v) is 2.65. The number of nitrogens with zero attached hydrogens (tertiary/aromatic N) is 3. The summed E-state index contributed by atoms with van der Waals surface area (Å²) in [5.41, 5.74) is 2.47. The van der Waals surface area contributed by atoms with Crippen LogP contribution in [0.25, 0.3) is 0 Å². The molecule has 0 aliphatic carbocycles. The Balaban J connectivity index is 1.76. The van der Waals surface area contributed by atoms with Gasteiger partial charge in [0.15, 0.2) is 0 Å². The highest BCUT2D eigenvalue weighted by molar-refractivity contribution is 5.16. The monoisotopic (exact) mass is 239 g/mol. The van der Waals surface area contributed by atoms with Crippen LogP contribution in [0.4, 0.5) is 0 Å². The molecule has 1 aromatic heterocycles. The van der Waals surface area contributed by atoms with Crippen LogP contribution in [0.1, 0.15) is 30.1 Å². The van der Waals surface area contributed by atoms with Gasteiger partial charge in [0.05, 0.1) is 11.7 Å². The third-order valence-corrected chi connectivity index (χ3v) is 3.52. The lowest BCUT2D eigenvalue weighted by molar-refractivity contribution is 0.244. The SMILES string of the molecule is c1ccc(CN2CCC[C@@H]2c2cnccn2)cc1. The predicted molar refractivity (Wildman–Crippen MR) is 70.9 cm³/mol. The van der Waals surface area contributed by atoms with Crippen LogP contribution in [-0.2, 0) is 6.54 Å². The van der Waals surface area contributed by atoms with Crippen LogP contribution in [-0.4, -0.2) is 21.4 Å². The van der Waals surface area contributed by atoms with E-state index in [1.807, 2.05) is 6.20 Å². The van der Waals surface area contributed by atoms with Crippen LogP contribution in [0.3, 0.4) is 0 Å². The standard InChI is InChI=1S/C15H17N3/c1-2-5-13(6-3-1)12-18-10-4-7-15(18)14-11-16-8-9-17-14/h1-3,5-6,8-9,11,15H,4,7,10,12H2/t15-/m1/s1. The van der Waals surface area contributed by atoms with Crippen molar-refractivity contribution < 1.29 is 0 Å². The van der Waals surface area contributed by atoms with E-state index in [1.54, 1.807) is 12.4 Å². The maximum absolute atomic E-state index is 4.45. The largest absolute Gasteiger partial charge is 0.290 e. The molecule has 3 heteroatoms. The minimum Gasteiger partial charge on any atom is -0.290 e. The Kier molecular flexibility index (Phi) is 3.33. The topological polar surface area (TPSA) is 29.0 Å². The molecule has 1 fully saturated rings. The fourth-order valence-electron chi connectivity index (χ4n) is 2.65. The molecule has 3 rings (SSSR count). The van der Waals surface area contributed by atoms with E-state index in [4.69, 9.17) is 0 Å². The zero-order valence-corrected chi connectivity index (χ0v) is 10.4. The van der Waals surface area contributed by atoms with Gasteiger partial charge in [0, 0.05) is 25.1 Å². The van der Waals surface area contributed by atoms with Crippen molar-refractivity contribution in [1.82, 2.24) is 14.9 Å². The minimum atomic E-state index is 0.430. The van der Waals surface area contributed by atoms with E-state index in [-0.39, 0.29) is 0 Å². The molecule has 2 heterocycles. The second-order valence-electron chi connectivity index (χ2n) is 4.74. The third-order valence-electron chi connectivity index (χ3n) is 3.52. The molecule has 3 nitrogen and oxygen atoms in total. The zero-order chi connectivity index (χ0) is 12.2. The van der Waals surface area contributed by atoms with Crippen molar-refractivity contribution in [2.75, 3.05) is 6.54 Å². The summed E-state index contributed by atoms with van der Waals surface area (Å²) in [5.74, 6) is 0. The summed E-state index contributed by atoms with van der Waals surface area (Å²) in [4.78, 5) is 11.1. The molecule has 0 saturated carbocycles. The van der Waals surface area contributed by atoms with Crippen LogP contribution in [0.5, 0.6) is 0 Å². The lowest BCUT2D eigenvalue weighted by Crippen LogP contribution is -2.23. The van der Waals surface area contributed by atoms with Gasteiger partial charge in [-0.3, -0.25) is 14.9 Å². The highest BCUT2D eigenvalue weighted by Gasteiger charge is 2.26. The average Bonchev–Trinajstić information content (AvgIpc) is 2.89. The van der Waals surface area contributed by atoms with Crippen LogP contribution < -0.4 is 0 Å². The van der Waals surface area contributed by atoms with Crippen molar-refractivity contribution in [3.8, 4) is 0 Å². The van der Waals surface area contributed by atoms with E-state index < -0.39 is 0 Å². The van der Waals surface area contributed by atoms with Crippen molar-refractivity contribution in [2.24, 2.45) is 0 Å². The molecule has 0 spiro atoms. The van der Waals surface area contributed by atoms with Crippen LogP contribution in [0.15, 0.2) is 48.9 Å². The summed E-state index contributed by atoms with van der Waals surface area (Å²) >= 11 is 0. The van der Waals surface area contributed by atoms with Gasteiger partial charge in [-0.25, -0.2) is 0 Å². The van der Waals surface area contributed by atoms with E-state index in [2.05, 4.69) is 45.2 Å². The molecule has 1 aromatic carbocycles. The molecule has 0 unspecified atom stereocenters. The van der Waals surface area contributed by atoms with Crippen molar-refractivity contribution in [3.63, 3.8) is 0 Å². The molecule has 1 aliphatic heterocycles. The minimum absolute atomic E-state index is 0.430. The molecular weight excluding hydrogens is 222 g/mol. The second-order valence-corrected chi connectivity index (χ2v) is 4.74. The van der Waals surface area contributed by atoms with Gasteiger partial charge in [-0.2, -0.15) is 0 Å². The molecular formula is C15H17N3. The second kappa shape index (κ2) is 5.27. The first-order valence-corrected chi connectivity index (χ1v) is 6.47. The molecule has 18 heavy (non-hydrogen) atoms. The first-order chi connectivity index (χ1) is 8.93. The van der Waals surface area contributed by atoms with E-state index in [9.17, 15) is 0 Å². The number of hydrogen-bond acceptors (Lipinski definition) is 3.